The Hall–Kier alpha value is -1.55. The number of benzene rings is 1. The second-order valence-electron chi connectivity index (χ2n) is 3.27. The quantitative estimate of drug-likeness (QED) is 0.764. The van der Waals surface area contributed by atoms with Crippen LogP contribution in [0.1, 0.15) is 0 Å². The van der Waals surface area contributed by atoms with Crippen molar-refractivity contribution in [3.05, 3.63) is 34.6 Å². The fraction of sp³-hybridized carbons (Fsp3) is 0.273. The number of aryl methyl sites for hydroxylation is 1. The van der Waals surface area contributed by atoms with Crippen LogP contribution in [0.15, 0.2) is 29.1 Å². The molecule has 0 saturated heterocycles. The molecule has 2 aromatic rings. The second kappa shape index (κ2) is 4.53. The maximum atomic E-state index is 12.0. The Labute approximate surface area is 97.4 Å². The molecule has 0 saturated carbocycles. The predicted octanol–water partition coefficient (Wildman–Crippen LogP) is 1.64. The van der Waals surface area contributed by atoms with Gasteiger partial charge in [-0.2, -0.15) is 0 Å². The van der Waals surface area contributed by atoms with Crippen LogP contribution in [0.5, 0.6) is 5.88 Å². The van der Waals surface area contributed by atoms with Crippen LogP contribution < -0.4 is 10.3 Å². The summed E-state index contributed by atoms with van der Waals surface area (Å²) in [5.41, 5.74) is -0.142. The van der Waals surface area contributed by atoms with Gasteiger partial charge in [0.15, 0.2) is 0 Å². The topological polar surface area (TPSA) is 44.1 Å². The van der Waals surface area contributed by atoms with E-state index in [0.717, 1.165) is 5.39 Å². The summed E-state index contributed by atoms with van der Waals surface area (Å²) in [6.45, 7) is 0.377. The third-order valence-electron chi connectivity index (χ3n) is 2.32. The average Bonchev–Trinajstić information content (AvgIpc) is 2.33. The molecule has 16 heavy (non-hydrogen) atoms. The number of fused-ring (bicyclic) bond motifs is 1. The van der Waals surface area contributed by atoms with Crippen molar-refractivity contribution in [2.75, 3.05) is 13.0 Å². The summed E-state index contributed by atoms with van der Waals surface area (Å²) in [5, 5.41) is 5.43. The zero-order valence-corrected chi connectivity index (χ0v) is 9.57. The molecule has 0 N–H and O–H groups in total. The van der Waals surface area contributed by atoms with E-state index in [2.05, 4.69) is 5.10 Å². The highest BCUT2D eigenvalue weighted by molar-refractivity contribution is 6.17. The van der Waals surface area contributed by atoms with Gasteiger partial charge in [0, 0.05) is 5.88 Å². The largest absolute Gasteiger partial charge is 0.480 e. The van der Waals surface area contributed by atoms with Crippen molar-refractivity contribution in [1.29, 1.82) is 0 Å². The van der Waals surface area contributed by atoms with Crippen LogP contribution >= 0.6 is 11.6 Å². The molecule has 1 aromatic carbocycles. The summed E-state index contributed by atoms with van der Waals surface area (Å²) >= 11 is 5.61. The minimum Gasteiger partial charge on any atom is -0.480 e. The zero-order chi connectivity index (χ0) is 11.5. The van der Waals surface area contributed by atoms with Gasteiger partial charge in [0.05, 0.1) is 24.4 Å². The Morgan fingerprint density at radius 1 is 1.38 bits per heavy atom. The number of nitrogens with zero attached hydrogens (tertiary/aromatic N) is 2. The molecule has 0 aliphatic rings. The number of methoxy groups -OCH3 is 1. The Kier molecular flexibility index (Phi) is 3.10. The molecule has 1 heterocycles. The fourth-order valence-corrected chi connectivity index (χ4v) is 1.75. The summed E-state index contributed by atoms with van der Waals surface area (Å²) in [4.78, 5) is 12.0. The Morgan fingerprint density at radius 2 is 2.06 bits per heavy atom. The first-order valence-electron chi connectivity index (χ1n) is 4.87. The summed E-state index contributed by atoms with van der Waals surface area (Å²) in [7, 11) is 1.53. The molecule has 0 bridgehead atoms. The van der Waals surface area contributed by atoms with Crippen LogP contribution in [0.4, 0.5) is 0 Å². The smallest absolute Gasteiger partial charge is 0.274 e. The molecule has 4 nitrogen and oxygen atoms in total. The molecule has 0 aliphatic carbocycles. The molecule has 0 spiro atoms. The molecule has 0 amide bonds. The van der Waals surface area contributed by atoms with Crippen molar-refractivity contribution < 1.29 is 4.74 Å². The highest BCUT2D eigenvalue weighted by atomic mass is 35.5. The molecular weight excluding hydrogens is 228 g/mol. The number of hydrogen-bond donors (Lipinski definition) is 0. The molecule has 0 atom stereocenters. The summed E-state index contributed by atoms with van der Waals surface area (Å²) < 4.78 is 6.48. The van der Waals surface area contributed by atoms with Crippen LogP contribution in [0.2, 0.25) is 0 Å². The molecule has 0 aliphatic heterocycles. The normalized spacial score (nSPS) is 10.6. The van der Waals surface area contributed by atoms with Crippen molar-refractivity contribution in [1.82, 2.24) is 9.78 Å². The first kappa shape index (κ1) is 11.0. The van der Waals surface area contributed by atoms with Crippen molar-refractivity contribution >= 4 is 22.4 Å². The van der Waals surface area contributed by atoms with Gasteiger partial charge in [0.1, 0.15) is 0 Å². The minimum absolute atomic E-state index is 0.142. The van der Waals surface area contributed by atoms with Gasteiger partial charge >= 0.3 is 0 Å². The third-order valence-corrected chi connectivity index (χ3v) is 2.49. The number of hydrogen-bond acceptors (Lipinski definition) is 3. The lowest BCUT2D eigenvalue weighted by atomic mass is 10.2. The van der Waals surface area contributed by atoms with Gasteiger partial charge < -0.3 is 4.74 Å². The van der Waals surface area contributed by atoms with E-state index in [1.165, 1.54) is 11.8 Å². The standard InChI is InChI=1S/C11H11ClN2O2/c1-16-10-8-4-2-3-5-9(8)11(15)14(13-10)7-6-12/h2-5H,6-7H2,1H3. The van der Waals surface area contributed by atoms with E-state index >= 15 is 0 Å². The van der Waals surface area contributed by atoms with E-state index in [0.29, 0.717) is 23.7 Å². The van der Waals surface area contributed by atoms with Crippen molar-refractivity contribution in [2.45, 2.75) is 6.54 Å². The molecule has 5 heteroatoms. The lowest BCUT2D eigenvalue weighted by Gasteiger charge is -2.08. The van der Waals surface area contributed by atoms with Crippen molar-refractivity contribution in [3.63, 3.8) is 0 Å². The Morgan fingerprint density at radius 3 is 2.69 bits per heavy atom. The first-order valence-corrected chi connectivity index (χ1v) is 5.41. The number of halogens is 1. The number of ether oxygens (including phenoxy) is 1. The van der Waals surface area contributed by atoms with E-state index in [9.17, 15) is 4.79 Å². The van der Waals surface area contributed by atoms with Crippen molar-refractivity contribution in [2.24, 2.45) is 0 Å². The second-order valence-corrected chi connectivity index (χ2v) is 3.65. The molecule has 0 unspecified atom stereocenters. The number of aromatic nitrogens is 2. The maximum Gasteiger partial charge on any atom is 0.274 e. The van der Waals surface area contributed by atoms with Gasteiger partial charge in [-0.3, -0.25) is 4.79 Å². The van der Waals surface area contributed by atoms with Crippen LogP contribution in [0.3, 0.4) is 0 Å². The van der Waals surface area contributed by atoms with Crippen LogP contribution in [-0.2, 0) is 6.54 Å². The highest BCUT2D eigenvalue weighted by Gasteiger charge is 2.09. The summed E-state index contributed by atoms with van der Waals surface area (Å²) in [6.07, 6.45) is 0. The van der Waals surface area contributed by atoms with E-state index in [1.54, 1.807) is 6.07 Å². The summed E-state index contributed by atoms with van der Waals surface area (Å²) in [5.74, 6) is 0.786. The number of alkyl halides is 1. The lowest BCUT2D eigenvalue weighted by Crippen LogP contribution is -2.24. The first-order chi connectivity index (χ1) is 7.77. The Bertz CT molecular complexity index is 565. The summed E-state index contributed by atoms with van der Waals surface area (Å²) in [6, 6.07) is 7.23. The molecule has 84 valence electrons. The molecular formula is C11H11ClN2O2. The lowest BCUT2D eigenvalue weighted by molar-refractivity contribution is 0.384. The third kappa shape index (κ3) is 1.76. The van der Waals surface area contributed by atoms with Gasteiger partial charge in [-0.15, -0.1) is 16.7 Å². The van der Waals surface area contributed by atoms with Gasteiger partial charge in [-0.1, -0.05) is 12.1 Å². The van der Waals surface area contributed by atoms with E-state index < -0.39 is 0 Å². The van der Waals surface area contributed by atoms with E-state index in [-0.39, 0.29) is 5.56 Å². The van der Waals surface area contributed by atoms with Gasteiger partial charge in [-0.05, 0) is 12.1 Å². The van der Waals surface area contributed by atoms with Crippen LogP contribution in [0.25, 0.3) is 10.8 Å². The maximum absolute atomic E-state index is 12.0. The minimum atomic E-state index is -0.142. The zero-order valence-electron chi connectivity index (χ0n) is 8.81. The van der Waals surface area contributed by atoms with Gasteiger partial charge in [0.25, 0.3) is 5.56 Å². The van der Waals surface area contributed by atoms with Crippen LogP contribution in [0, 0.1) is 0 Å². The van der Waals surface area contributed by atoms with Crippen LogP contribution in [-0.4, -0.2) is 22.8 Å². The molecule has 2 rings (SSSR count). The van der Waals surface area contributed by atoms with Crippen molar-refractivity contribution in [3.8, 4) is 5.88 Å². The highest BCUT2D eigenvalue weighted by Crippen LogP contribution is 2.19. The van der Waals surface area contributed by atoms with E-state index in [4.69, 9.17) is 16.3 Å². The molecule has 0 radical (unpaired) electrons. The van der Waals surface area contributed by atoms with Gasteiger partial charge in [0.2, 0.25) is 5.88 Å². The SMILES string of the molecule is COc1nn(CCCl)c(=O)c2ccccc12. The molecule has 0 fully saturated rings. The van der Waals surface area contributed by atoms with E-state index in [1.807, 2.05) is 18.2 Å². The molecule has 1 aromatic heterocycles. The monoisotopic (exact) mass is 238 g/mol. The number of rotatable bonds is 3. The van der Waals surface area contributed by atoms with Gasteiger partial charge in [-0.25, -0.2) is 4.68 Å². The fourth-order valence-electron chi connectivity index (χ4n) is 1.59. The average molecular weight is 239 g/mol. The predicted molar refractivity (Wildman–Crippen MR) is 63.3 cm³/mol. The Balaban J connectivity index is 2.78.